The number of fused-ring (bicyclic) bond motifs is 1. The van der Waals surface area contributed by atoms with Gasteiger partial charge in [-0.25, -0.2) is 14.5 Å². The van der Waals surface area contributed by atoms with E-state index in [1.165, 1.54) is 26.4 Å². The zero-order chi connectivity index (χ0) is 29.2. The van der Waals surface area contributed by atoms with Crippen molar-refractivity contribution in [3.63, 3.8) is 0 Å². The van der Waals surface area contributed by atoms with Gasteiger partial charge in [0.1, 0.15) is 47.3 Å². The van der Waals surface area contributed by atoms with Crippen LogP contribution in [0.4, 0.5) is 0 Å². The molecule has 0 bridgehead atoms. The molecule has 0 amide bonds. The molecule has 0 aliphatic carbocycles. The largest absolute Gasteiger partial charge is 0.465 e. The van der Waals surface area contributed by atoms with Crippen LogP contribution in [0, 0.1) is 0 Å². The normalized spacial score (nSPS) is 24.7. The van der Waals surface area contributed by atoms with Gasteiger partial charge in [0, 0.05) is 11.6 Å². The first-order chi connectivity index (χ1) is 19.6. The number of para-hydroxylation sites is 1. The smallest absolute Gasteiger partial charge is 0.459 e. The van der Waals surface area contributed by atoms with E-state index in [-0.39, 0.29) is 12.4 Å². The number of nitrogens with zero attached hydrogens (tertiary/aromatic N) is 3. The minimum atomic E-state index is -4.23. The number of benzene rings is 1. The highest BCUT2D eigenvalue weighted by atomic mass is 31.2. The number of hydrogen-bond donors (Lipinski definition) is 3. The Kier molecular flexibility index (Phi) is 8.28. The van der Waals surface area contributed by atoms with Gasteiger partial charge in [-0.05, 0) is 51.1 Å². The van der Waals surface area contributed by atoms with Crippen molar-refractivity contribution in [1.82, 2.24) is 19.6 Å². The van der Waals surface area contributed by atoms with Gasteiger partial charge in [0.05, 0.1) is 19.5 Å². The number of aliphatic hydroxyl groups is 2. The lowest BCUT2D eigenvalue weighted by atomic mass is 9.99. The second-order valence-electron chi connectivity index (χ2n) is 9.69. The Bertz CT molecular complexity index is 1530. The molecule has 218 valence electrons. The average molecular weight is 587 g/mol. The van der Waals surface area contributed by atoms with E-state index < -0.39 is 50.4 Å². The number of ether oxygens (including phenoxy) is 2. The molecule has 41 heavy (non-hydrogen) atoms. The third kappa shape index (κ3) is 5.91. The van der Waals surface area contributed by atoms with E-state index in [9.17, 15) is 19.6 Å². The molecule has 5 rings (SSSR count). The molecule has 0 saturated carbocycles. The standard InChI is InChI=1S/C27H31N4O9P/c1-4-36-26(34)17(2)30-41(35,40-18-9-6-5-7-10-18)38-15-27(3)23(33)22(32)25(39-27)31-13-12-19-21(20-11-8-14-37-20)28-16-29-24(19)31/h5-14,16-17,22-23,25,32-33H,4,15H2,1-3H3,(H,30,35)/t17-,22+,23-,25+,27+,41?/m0/s1. The average Bonchev–Trinajstić information content (AvgIpc) is 3.69. The van der Waals surface area contributed by atoms with Gasteiger partial charge in [-0.2, -0.15) is 5.09 Å². The molecule has 13 nitrogen and oxygen atoms in total. The molecule has 6 atom stereocenters. The van der Waals surface area contributed by atoms with Crippen molar-refractivity contribution in [3.05, 3.63) is 67.3 Å². The Morgan fingerprint density at radius 1 is 1.20 bits per heavy atom. The van der Waals surface area contributed by atoms with Crippen LogP contribution in [0.15, 0.2) is 71.7 Å². The highest BCUT2D eigenvalue weighted by Crippen LogP contribution is 2.48. The molecule has 3 N–H and O–H groups in total. The summed E-state index contributed by atoms with van der Waals surface area (Å²) in [6.07, 6.45) is 0.631. The number of esters is 1. The van der Waals surface area contributed by atoms with Gasteiger partial charge in [-0.15, -0.1) is 0 Å². The first-order valence-corrected chi connectivity index (χ1v) is 14.5. The van der Waals surface area contributed by atoms with Crippen molar-refractivity contribution in [2.75, 3.05) is 13.2 Å². The highest BCUT2D eigenvalue weighted by Gasteiger charge is 2.53. The second kappa shape index (κ2) is 11.7. The first-order valence-electron chi connectivity index (χ1n) is 13.0. The lowest BCUT2D eigenvalue weighted by molar-refractivity contribution is -0.144. The zero-order valence-electron chi connectivity index (χ0n) is 22.6. The molecular formula is C27H31N4O9P. The van der Waals surface area contributed by atoms with Gasteiger partial charge in [-0.1, -0.05) is 18.2 Å². The molecule has 1 aliphatic rings. The fraction of sp³-hybridized carbons (Fsp3) is 0.370. The Balaban J connectivity index is 1.38. The summed E-state index contributed by atoms with van der Waals surface area (Å²) >= 11 is 0. The van der Waals surface area contributed by atoms with E-state index in [2.05, 4.69) is 15.1 Å². The summed E-state index contributed by atoms with van der Waals surface area (Å²) in [5.41, 5.74) is -0.545. The van der Waals surface area contributed by atoms with E-state index in [0.29, 0.717) is 22.5 Å². The summed E-state index contributed by atoms with van der Waals surface area (Å²) in [6, 6.07) is 12.5. The fourth-order valence-corrected chi connectivity index (χ4v) is 6.12. The van der Waals surface area contributed by atoms with Crippen LogP contribution in [0.1, 0.15) is 27.0 Å². The van der Waals surface area contributed by atoms with Crippen LogP contribution in [-0.2, 0) is 23.4 Å². The summed E-state index contributed by atoms with van der Waals surface area (Å²) in [5, 5.41) is 25.3. The van der Waals surface area contributed by atoms with E-state index in [1.54, 1.807) is 66.2 Å². The van der Waals surface area contributed by atoms with E-state index >= 15 is 0 Å². The van der Waals surface area contributed by atoms with Gasteiger partial charge >= 0.3 is 13.7 Å². The van der Waals surface area contributed by atoms with Crippen LogP contribution >= 0.6 is 7.75 Å². The molecule has 14 heteroatoms. The molecule has 1 fully saturated rings. The van der Waals surface area contributed by atoms with Crippen molar-refractivity contribution in [2.45, 2.75) is 50.8 Å². The molecule has 4 heterocycles. The van der Waals surface area contributed by atoms with Crippen LogP contribution in [0.25, 0.3) is 22.5 Å². The maximum absolute atomic E-state index is 13.8. The van der Waals surface area contributed by atoms with Gasteiger partial charge < -0.3 is 33.2 Å². The summed E-state index contributed by atoms with van der Waals surface area (Å²) in [4.78, 5) is 20.9. The van der Waals surface area contributed by atoms with Crippen molar-refractivity contribution >= 4 is 24.7 Å². The lowest BCUT2D eigenvalue weighted by Gasteiger charge is -2.30. The van der Waals surface area contributed by atoms with Gasteiger partial charge in [-0.3, -0.25) is 9.32 Å². The number of furan rings is 1. The SMILES string of the molecule is CCOC(=O)[C@H](C)NP(=O)(OC[C@@]1(C)O[C@@H](n2ccc3c(-c4ccco4)ncnc32)[C@H](O)[C@@H]1O)Oc1ccccc1. The third-order valence-corrected chi connectivity index (χ3v) is 8.27. The molecule has 1 saturated heterocycles. The molecule has 1 aliphatic heterocycles. The Morgan fingerprint density at radius 3 is 2.68 bits per heavy atom. The second-order valence-corrected chi connectivity index (χ2v) is 11.4. The van der Waals surface area contributed by atoms with E-state index in [0.717, 1.165) is 0 Å². The maximum atomic E-state index is 13.8. The minimum Gasteiger partial charge on any atom is -0.465 e. The minimum absolute atomic E-state index is 0.134. The first kappa shape index (κ1) is 28.9. The third-order valence-electron chi connectivity index (χ3n) is 6.65. The zero-order valence-corrected chi connectivity index (χ0v) is 23.5. The van der Waals surface area contributed by atoms with Gasteiger partial charge in [0.25, 0.3) is 0 Å². The molecule has 1 unspecified atom stereocenters. The van der Waals surface area contributed by atoms with E-state index in [1.807, 2.05) is 0 Å². The van der Waals surface area contributed by atoms with Gasteiger partial charge in [0.2, 0.25) is 0 Å². The Morgan fingerprint density at radius 2 is 1.98 bits per heavy atom. The predicted octanol–water partition coefficient (Wildman–Crippen LogP) is 3.45. The van der Waals surface area contributed by atoms with Crippen LogP contribution < -0.4 is 9.61 Å². The number of rotatable bonds is 11. The van der Waals surface area contributed by atoms with Crippen LogP contribution in [0.5, 0.6) is 5.75 Å². The number of carbonyl (C=O) groups excluding carboxylic acids is 1. The molecule has 0 radical (unpaired) electrons. The van der Waals surface area contributed by atoms with Crippen molar-refractivity contribution in [3.8, 4) is 17.2 Å². The van der Waals surface area contributed by atoms with Crippen molar-refractivity contribution in [1.29, 1.82) is 0 Å². The molecule has 0 spiro atoms. The highest BCUT2D eigenvalue weighted by molar-refractivity contribution is 7.52. The Hall–Kier alpha value is -3.58. The van der Waals surface area contributed by atoms with E-state index in [4.69, 9.17) is 22.9 Å². The Labute approximate surface area is 235 Å². The molecule has 4 aromatic rings. The van der Waals surface area contributed by atoms with Crippen LogP contribution in [-0.4, -0.2) is 67.8 Å². The molecule has 1 aromatic carbocycles. The van der Waals surface area contributed by atoms with Crippen molar-refractivity contribution < 1.29 is 42.5 Å². The molecular weight excluding hydrogens is 555 g/mol. The summed E-state index contributed by atoms with van der Waals surface area (Å²) in [5.74, 6) is 0.114. The fourth-order valence-electron chi connectivity index (χ4n) is 4.54. The number of aromatic nitrogens is 3. The lowest BCUT2D eigenvalue weighted by Crippen LogP contribution is -2.45. The monoisotopic (exact) mass is 586 g/mol. The number of nitrogens with one attached hydrogen (secondary N) is 1. The van der Waals surface area contributed by atoms with Gasteiger partial charge in [0.15, 0.2) is 12.0 Å². The van der Waals surface area contributed by atoms with Crippen molar-refractivity contribution in [2.24, 2.45) is 0 Å². The van der Waals surface area contributed by atoms with Crippen LogP contribution in [0.3, 0.4) is 0 Å². The topological polar surface area (TPSA) is 167 Å². The van der Waals surface area contributed by atoms with Crippen LogP contribution in [0.2, 0.25) is 0 Å². The summed E-state index contributed by atoms with van der Waals surface area (Å²) in [6.45, 7) is 4.29. The number of hydrogen-bond acceptors (Lipinski definition) is 11. The number of aliphatic hydroxyl groups excluding tert-OH is 2. The quantitative estimate of drug-likeness (QED) is 0.173. The molecule has 3 aromatic heterocycles. The summed E-state index contributed by atoms with van der Waals surface area (Å²) < 4.78 is 43.4. The number of carbonyl (C=O) groups is 1. The maximum Gasteiger partial charge on any atom is 0.459 e. The summed E-state index contributed by atoms with van der Waals surface area (Å²) in [7, 11) is -4.23. The predicted molar refractivity (Wildman–Crippen MR) is 146 cm³/mol.